The first-order chi connectivity index (χ1) is 17.5. The zero-order chi connectivity index (χ0) is 25.5. The van der Waals surface area contributed by atoms with Crippen molar-refractivity contribution in [3.63, 3.8) is 0 Å². The fourth-order valence-electron chi connectivity index (χ4n) is 5.12. The molecule has 1 saturated carbocycles. The Kier molecular flexibility index (Phi) is 8.66. The monoisotopic (exact) mass is 493 g/mol. The number of rotatable bonds is 9. The van der Waals surface area contributed by atoms with Crippen LogP contribution in [-0.2, 0) is 20.8 Å². The first kappa shape index (κ1) is 25.8. The van der Waals surface area contributed by atoms with E-state index in [1.165, 1.54) is 4.90 Å². The summed E-state index contributed by atoms with van der Waals surface area (Å²) >= 11 is 0. The lowest BCUT2D eigenvalue weighted by molar-refractivity contribution is -0.131. The van der Waals surface area contributed by atoms with Crippen molar-refractivity contribution in [3.8, 4) is 0 Å². The van der Waals surface area contributed by atoms with Gasteiger partial charge in [0.25, 0.3) is 5.91 Å². The van der Waals surface area contributed by atoms with Crippen LogP contribution < -0.4 is 20.9 Å². The summed E-state index contributed by atoms with van der Waals surface area (Å²) in [5.41, 5.74) is 1.48. The molecule has 2 aromatic rings. The van der Waals surface area contributed by atoms with Gasteiger partial charge in [0.05, 0.1) is 12.6 Å². The molecule has 0 unspecified atom stereocenters. The van der Waals surface area contributed by atoms with Crippen molar-refractivity contribution in [2.75, 3.05) is 23.4 Å². The molecule has 9 nitrogen and oxygen atoms in total. The van der Waals surface area contributed by atoms with Crippen molar-refractivity contribution in [1.82, 2.24) is 15.6 Å². The molecule has 4 rings (SSSR count). The van der Waals surface area contributed by atoms with Crippen LogP contribution in [0.4, 0.5) is 11.5 Å². The molecule has 1 fully saturated rings. The van der Waals surface area contributed by atoms with Gasteiger partial charge in [0.2, 0.25) is 11.8 Å². The van der Waals surface area contributed by atoms with Crippen LogP contribution in [0.15, 0.2) is 48.7 Å². The fourth-order valence-corrected chi connectivity index (χ4v) is 5.12. The Hall–Kier alpha value is -3.30. The zero-order valence-electron chi connectivity index (χ0n) is 20.7. The second kappa shape index (κ2) is 12.1. The van der Waals surface area contributed by atoms with Gasteiger partial charge >= 0.3 is 0 Å². The molecule has 36 heavy (non-hydrogen) atoms. The zero-order valence-corrected chi connectivity index (χ0v) is 20.7. The molecular weight excluding hydrogens is 458 g/mol. The maximum absolute atomic E-state index is 14.2. The summed E-state index contributed by atoms with van der Waals surface area (Å²) in [7, 11) is 0. The number of pyridine rings is 1. The normalized spacial score (nSPS) is 19.3. The van der Waals surface area contributed by atoms with E-state index in [1.54, 1.807) is 31.3 Å². The molecule has 0 saturated heterocycles. The summed E-state index contributed by atoms with van der Waals surface area (Å²) < 4.78 is 0. The summed E-state index contributed by atoms with van der Waals surface area (Å²) in [5, 5.41) is 18.0. The van der Waals surface area contributed by atoms with Gasteiger partial charge in [0, 0.05) is 24.8 Å². The number of hydrogen-bond donors (Lipinski definition) is 4. The third-order valence-electron chi connectivity index (χ3n) is 7.04. The van der Waals surface area contributed by atoms with E-state index < -0.39 is 18.1 Å². The fraction of sp³-hybridized carbons (Fsp3) is 0.481. The van der Waals surface area contributed by atoms with Crippen LogP contribution in [0.5, 0.6) is 0 Å². The van der Waals surface area contributed by atoms with Crippen LogP contribution in [0, 0.1) is 5.92 Å². The molecule has 3 amide bonds. The van der Waals surface area contributed by atoms with E-state index in [0.29, 0.717) is 17.9 Å². The number of aliphatic hydroxyl groups is 1. The number of nitrogens with zero attached hydrogens (tertiary/aromatic N) is 2. The lowest BCUT2D eigenvalue weighted by Gasteiger charge is -2.35. The number of aliphatic hydroxyl groups excluding tert-OH is 1. The molecule has 1 aromatic carbocycles. The first-order valence-corrected chi connectivity index (χ1v) is 12.8. The van der Waals surface area contributed by atoms with E-state index in [-0.39, 0.29) is 36.8 Å². The maximum Gasteiger partial charge on any atom is 0.251 e. The van der Waals surface area contributed by atoms with Crippen molar-refractivity contribution < 1.29 is 19.5 Å². The van der Waals surface area contributed by atoms with Crippen LogP contribution in [0.3, 0.4) is 0 Å². The Morgan fingerprint density at radius 1 is 1.08 bits per heavy atom. The minimum Gasteiger partial charge on any atom is -0.395 e. The number of fused-ring (bicyclic) bond motifs is 1. The average molecular weight is 494 g/mol. The molecule has 1 aliphatic heterocycles. The largest absolute Gasteiger partial charge is 0.395 e. The molecule has 192 valence electrons. The van der Waals surface area contributed by atoms with Gasteiger partial charge in [-0.2, -0.15) is 0 Å². The summed E-state index contributed by atoms with van der Waals surface area (Å²) in [4.78, 5) is 46.5. The summed E-state index contributed by atoms with van der Waals surface area (Å²) in [6.07, 6.45) is 6.73. The standard InChI is InChI=1S/C27H35N5O4/c1-18(28-15-16-33)25(34)31-23(19-9-4-2-5-10-19)27(36)32-22(17-20-11-8-14-29-24(20)32)26(35)30-21-12-6-3-7-13-21/h3,6-8,11-14,18-19,22-23,28,33H,2,4-5,9-10,15-17H2,1H3,(H,30,35)(H,31,34)/t18-,22-,23-/m0/s1. The highest BCUT2D eigenvalue weighted by Crippen LogP contribution is 2.34. The molecule has 1 aromatic heterocycles. The number of benzene rings is 1. The molecule has 2 aliphatic rings. The van der Waals surface area contributed by atoms with Crippen molar-refractivity contribution in [3.05, 3.63) is 54.2 Å². The molecule has 4 N–H and O–H groups in total. The molecule has 3 atom stereocenters. The average Bonchev–Trinajstić information content (AvgIpc) is 3.31. The van der Waals surface area contributed by atoms with E-state index in [1.807, 2.05) is 24.3 Å². The minimum atomic E-state index is -0.768. The first-order valence-electron chi connectivity index (χ1n) is 12.8. The molecular formula is C27H35N5O4. The van der Waals surface area contributed by atoms with E-state index in [4.69, 9.17) is 5.11 Å². The van der Waals surface area contributed by atoms with Crippen molar-refractivity contribution >= 4 is 29.2 Å². The highest BCUT2D eigenvalue weighted by Gasteiger charge is 2.44. The number of para-hydroxylation sites is 1. The van der Waals surface area contributed by atoms with Gasteiger partial charge in [-0.25, -0.2) is 4.98 Å². The predicted octanol–water partition coefficient (Wildman–Crippen LogP) is 2.01. The van der Waals surface area contributed by atoms with Gasteiger partial charge in [-0.3, -0.25) is 19.3 Å². The summed E-state index contributed by atoms with van der Waals surface area (Å²) in [6, 6.07) is 10.7. The van der Waals surface area contributed by atoms with E-state index in [2.05, 4.69) is 20.9 Å². The number of amides is 3. The molecule has 0 spiro atoms. The number of nitrogens with one attached hydrogen (secondary N) is 3. The van der Waals surface area contributed by atoms with Crippen LogP contribution in [0.1, 0.15) is 44.6 Å². The predicted molar refractivity (Wildman–Crippen MR) is 137 cm³/mol. The quantitative estimate of drug-likeness (QED) is 0.424. The number of carbonyl (C=O) groups is 3. The highest BCUT2D eigenvalue weighted by atomic mass is 16.3. The Labute approximate surface area is 211 Å². The number of anilines is 2. The van der Waals surface area contributed by atoms with E-state index in [9.17, 15) is 14.4 Å². The van der Waals surface area contributed by atoms with Gasteiger partial charge in [-0.15, -0.1) is 0 Å². The van der Waals surface area contributed by atoms with Crippen molar-refractivity contribution in [2.45, 2.75) is 63.6 Å². The Morgan fingerprint density at radius 2 is 1.83 bits per heavy atom. The van der Waals surface area contributed by atoms with Crippen molar-refractivity contribution in [2.24, 2.45) is 5.92 Å². The SMILES string of the molecule is C[C@H](NCCO)C(=O)N[C@H](C(=O)N1c2ncccc2C[C@H]1C(=O)Nc1ccccc1)C1CCCCC1. The maximum atomic E-state index is 14.2. The second-order valence-corrected chi connectivity index (χ2v) is 9.55. The molecule has 0 bridgehead atoms. The Bertz CT molecular complexity index is 1060. The topological polar surface area (TPSA) is 124 Å². The summed E-state index contributed by atoms with van der Waals surface area (Å²) in [6.45, 7) is 1.90. The third kappa shape index (κ3) is 5.91. The minimum absolute atomic E-state index is 0.0224. The van der Waals surface area contributed by atoms with E-state index >= 15 is 0 Å². The lowest BCUT2D eigenvalue weighted by atomic mass is 9.83. The Balaban J connectivity index is 1.61. The molecule has 9 heteroatoms. The highest BCUT2D eigenvalue weighted by molar-refractivity contribution is 6.09. The van der Waals surface area contributed by atoms with Crippen LogP contribution in [0.25, 0.3) is 0 Å². The smallest absolute Gasteiger partial charge is 0.251 e. The molecule has 1 aliphatic carbocycles. The summed E-state index contributed by atoms with van der Waals surface area (Å²) in [5.74, 6) is -0.462. The van der Waals surface area contributed by atoms with Crippen LogP contribution >= 0.6 is 0 Å². The van der Waals surface area contributed by atoms with Gasteiger partial charge < -0.3 is 21.1 Å². The van der Waals surface area contributed by atoms with Crippen LogP contribution in [0.2, 0.25) is 0 Å². The Morgan fingerprint density at radius 3 is 2.56 bits per heavy atom. The van der Waals surface area contributed by atoms with Gasteiger partial charge in [-0.05, 0) is 49.4 Å². The molecule has 2 heterocycles. The van der Waals surface area contributed by atoms with Crippen molar-refractivity contribution in [1.29, 1.82) is 0 Å². The van der Waals surface area contributed by atoms with Gasteiger partial charge in [0.15, 0.2) is 0 Å². The number of aromatic nitrogens is 1. The van der Waals surface area contributed by atoms with E-state index in [0.717, 1.165) is 37.7 Å². The van der Waals surface area contributed by atoms with Gasteiger partial charge in [0.1, 0.15) is 17.9 Å². The van der Waals surface area contributed by atoms with Crippen LogP contribution in [-0.4, -0.2) is 59.1 Å². The second-order valence-electron chi connectivity index (χ2n) is 9.55. The van der Waals surface area contributed by atoms with Gasteiger partial charge in [-0.1, -0.05) is 43.5 Å². The third-order valence-corrected chi connectivity index (χ3v) is 7.04. The number of hydrogen-bond acceptors (Lipinski definition) is 6. The molecule has 0 radical (unpaired) electrons. The number of carbonyl (C=O) groups excluding carboxylic acids is 3. The lowest BCUT2D eigenvalue weighted by Crippen LogP contribution is -2.59.